The van der Waals surface area contributed by atoms with Gasteiger partial charge in [-0.1, -0.05) is 0 Å². The zero-order valence-electron chi connectivity index (χ0n) is 6.58. The molecule has 0 heterocycles. The van der Waals surface area contributed by atoms with Crippen molar-refractivity contribution in [3.8, 4) is 0 Å². The van der Waals surface area contributed by atoms with Gasteiger partial charge in [0.05, 0.1) is 4.90 Å². The van der Waals surface area contributed by atoms with Crippen molar-refractivity contribution in [1.82, 2.24) is 0 Å². The molecule has 13 heavy (non-hydrogen) atoms. The summed E-state index contributed by atoms with van der Waals surface area (Å²) >= 11 is 0. The highest BCUT2D eigenvalue weighted by Gasteiger charge is 2.15. The number of halogens is 2. The minimum absolute atomic E-state index is 0.285. The van der Waals surface area contributed by atoms with Crippen LogP contribution < -0.4 is 0 Å². The van der Waals surface area contributed by atoms with Crippen molar-refractivity contribution in [3.05, 3.63) is 29.3 Å². The van der Waals surface area contributed by atoms with E-state index in [4.69, 9.17) is 4.55 Å². The molecule has 0 radical (unpaired) electrons. The molecule has 1 N–H and O–H groups in total. The summed E-state index contributed by atoms with van der Waals surface area (Å²) < 4.78 is 54.9. The van der Waals surface area contributed by atoms with Gasteiger partial charge in [-0.3, -0.25) is 4.55 Å². The van der Waals surface area contributed by atoms with Crippen LogP contribution in [0.15, 0.2) is 17.0 Å². The maximum atomic E-state index is 12.8. The lowest BCUT2D eigenvalue weighted by Gasteiger charge is -2.01. The van der Waals surface area contributed by atoms with Crippen LogP contribution in [0.1, 0.15) is 5.56 Å². The van der Waals surface area contributed by atoms with Gasteiger partial charge in [-0.2, -0.15) is 8.42 Å². The van der Waals surface area contributed by atoms with E-state index in [1.165, 1.54) is 6.92 Å². The van der Waals surface area contributed by atoms with Gasteiger partial charge >= 0.3 is 0 Å². The summed E-state index contributed by atoms with van der Waals surface area (Å²) in [4.78, 5) is -0.784. The Labute approximate surface area is 73.8 Å². The molecule has 1 aromatic carbocycles. The van der Waals surface area contributed by atoms with E-state index in [0.29, 0.717) is 12.1 Å². The normalized spacial score (nSPS) is 11.7. The zero-order valence-corrected chi connectivity index (χ0v) is 7.40. The van der Waals surface area contributed by atoms with Crippen molar-refractivity contribution >= 4 is 10.1 Å². The van der Waals surface area contributed by atoms with Gasteiger partial charge in [0.1, 0.15) is 11.6 Å². The molecule has 0 fully saturated rings. The third kappa shape index (κ3) is 2.02. The maximum Gasteiger partial charge on any atom is 0.294 e. The molecule has 0 unspecified atom stereocenters. The number of hydrogen-bond donors (Lipinski definition) is 1. The molecule has 0 atom stereocenters. The average Bonchev–Trinajstić information content (AvgIpc) is 1.97. The quantitative estimate of drug-likeness (QED) is 0.712. The van der Waals surface area contributed by atoms with Crippen LogP contribution in [0.2, 0.25) is 0 Å². The monoisotopic (exact) mass is 208 g/mol. The van der Waals surface area contributed by atoms with Crippen LogP contribution in [0.25, 0.3) is 0 Å². The van der Waals surface area contributed by atoms with Gasteiger partial charge in [-0.25, -0.2) is 8.78 Å². The minimum Gasteiger partial charge on any atom is -0.282 e. The second kappa shape index (κ2) is 3.04. The van der Waals surface area contributed by atoms with E-state index < -0.39 is 26.6 Å². The van der Waals surface area contributed by atoms with Crippen molar-refractivity contribution in [2.24, 2.45) is 0 Å². The molecule has 1 rings (SSSR count). The Morgan fingerprint density at radius 2 is 1.62 bits per heavy atom. The van der Waals surface area contributed by atoms with Crippen LogP contribution in [0.3, 0.4) is 0 Å². The van der Waals surface area contributed by atoms with Crippen LogP contribution in [0, 0.1) is 18.6 Å². The molecule has 3 nitrogen and oxygen atoms in total. The Kier molecular flexibility index (Phi) is 2.36. The SMILES string of the molecule is Cc1c(F)cc(S(=O)(=O)O)cc1F. The first-order valence-electron chi connectivity index (χ1n) is 3.25. The van der Waals surface area contributed by atoms with Gasteiger partial charge in [0.2, 0.25) is 0 Å². The molecule has 0 amide bonds. The van der Waals surface area contributed by atoms with Gasteiger partial charge in [0.25, 0.3) is 10.1 Å². The zero-order chi connectivity index (χ0) is 10.2. The van der Waals surface area contributed by atoms with Crippen LogP contribution >= 0.6 is 0 Å². The lowest BCUT2D eigenvalue weighted by Crippen LogP contribution is -2.01. The fourth-order valence-corrected chi connectivity index (χ4v) is 1.28. The van der Waals surface area contributed by atoms with E-state index in [1.54, 1.807) is 0 Å². The number of rotatable bonds is 1. The number of hydrogen-bond acceptors (Lipinski definition) is 2. The third-order valence-electron chi connectivity index (χ3n) is 1.55. The first-order valence-corrected chi connectivity index (χ1v) is 4.69. The fraction of sp³-hybridized carbons (Fsp3) is 0.143. The number of benzene rings is 1. The first-order chi connectivity index (χ1) is 5.82. The van der Waals surface area contributed by atoms with Crippen LogP contribution in [0.5, 0.6) is 0 Å². The summed E-state index contributed by atoms with van der Waals surface area (Å²) in [6.07, 6.45) is 0. The molecule has 0 aliphatic heterocycles. The van der Waals surface area contributed by atoms with Crippen molar-refractivity contribution in [1.29, 1.82) is 0 Å². The highest BCUT2D eigenvalue weighted by atomic mass is 32.2. The standard InChI is InChI=1S/C7H6F2O3S/c1-4-6(8)2-5(3-7(4)9)13(10,11)12/h2-3H,1H3,(H,10,11,12). The predicted octanol–water partition coefficient (Wildman–Crippen LogP) is 1.52. The second-order valence-corrected chi connectivity index (χ2v) is 3.91. The first kappa shape index (κ1) is 10.1. The molecular weight excluding hydrogens is 202 g/mol. The largest absolute Gasteiger partial charge is 0.294 e. The van der Waals surface area contributed by atoms with Crippen molar-refractivity contribution in [3.63, 3.8) is 0 Å². The lowest BCUT2D eigenvalue weighted by atomic mass is 10.2. The Balaban J connectivity index is 3.47. The van der Waals surface area contributed by atoms with Crippen LogP contribution in [-0.4, -0.2) is 13.0 Å². The summed E-state index contributed by atoms with van der Waals surface area (Å²) in [5.74, 6) is -2.01. The molecule has 0 bridgehead atoms. The van der Waals surface area contributed by atoms with E-state index in [1.807, 2.05) is 0 Å². The molecule has 0 saturated heterocycles. The molecule has 0 saturated carbocycles. The molecule has 72 valence electrons. The molecular formula is C7H6F2O3S. The average molecular weight is 208 g/mol. The van der Waals surface area contributed by atoms with Gasteiger partial charge < -0.3 is 0 Å². The summed E-state index contributed by atoms with van der Waals surface area (Å²) in [6.45, 7) is 1.17. The van der Waals surface area contributed by atoms with Gasteiger partial charge in [-0.15, -0.1) is 0 Å². The maximum absolute atomic E-state index is 12.8. The fourth-order valence-electron chi connectivity index (χ4n) is 0.771. The molecule has 0 aliphatic carbocycles. The molecule has 0 spiro atoms. The van der Waals surface area contributed by atoms with Crippen molar-refractivity contribution in [2.75, 3.05) is 0 Å². The molecule has 6 heteroatoms. The second-order valence-electron chi connectivity index (χ2n) is 2.49. The van der Waals surface area contributed by atoms with E-state index in [0.717, 1.165) is 0 Å². The summed E-state index contributed by atoms with van der Waals surface area (Å²) in [6, 6.07) is 1.13. The van der Waals surface area contributed by atoms with E-state index in [9.17, 15) is 17.2 Å². The highest BCUT2D eigenvalue weighted by molar-refractivity contribution is 7.85. The molecule has 1 aromatic rings. The molecule has 0 aromatic heterocycles. The van der Waals surface area contributed by atoms with Crippen molar-refractivity contribution < 1.29 is 21.8 Å². The third-order valence-corrected chi connectivity index (χ3v) is 2.38. The topological polar surface area (TPSA) is 54.4 Å². The summed E-state index contributed by atoms with van der Waals surface area (Å²) in [5, 5.41) is 0. The lowest BCUT2D eigenvalue weighted by molar-refractivity contribution is 0.479. The van der Waals surface area contributed by atoms with Crippen LogP contribution in [0.4, 0.5) is 8.78 Å². The molecule has 0 aliphatic rings. The smallest absolute Gasteiger partial charge is 0.282 e. The summed E-state index contributed by atoms with van der Waals surface area (Å²) in [7, 11) is -4.54. The Hall–Kier alpha value is -1.01. The minimum atomic E-state index is -4.54. The Morgan fingerprint density at radius 3 is 1.92 bits per heavy atom. The van der Waals surface area contributed by atoms with Crippen LogP contribution in [-0.2, 0) is 10.1 Å². The van der Waals surface area contributed by atoms with Crippen molar-refractivity contribution in [2.45, 2.75) is 11.8 Å². The van der Waals surface area contributed by atoms with Gasteiger partial charge in [0, 0.05) is 5.56 Å². The Bertz CT molecular complexity index is 416. The predicted molar refractivity (Wildman–Crippen MR) is 40.9 cm³/mol. The van der Waals surface area contributed by atoms with E-state index in [2.05, 4.69) is 0 Å². The summed E-state index contributed by atoms with van der Waals surface area (Å²) in [5.41, 5.74) is -0.285. The van der Waals surface area contributed by atoms with Gasteiger partial charge in [-0.05, 0) is 19.1 Å². The Morgan fingerprint density at radius 1 is 1.23 bits per heavy atom. The highest BCUT2D eigenvalue weighted by Crippen LogP contribution is 2.17. The van der Waals surface area contributed by atoms with E-state index in [-0.39, 0.29) is 5.56 Å². The van der Waals surface area contributed by atoms with E-state index >= 15 is 0 Å². The van der Waals surface area contributed by atoms with Gasteiger partial charge in [0.15, 0.2) is 0 Å².